The maximum Gasteiger partial charge on any atom is 0.256 e. The van der Waals surface area contributed by atoms with E-state index >= 15 is 0 Å². The van der Waals surface area contributed by atoms with Crippen LogP contribution in [0.3, 0.4) is 0 Å². The third-order valence-corrected chi connectivity index (χ3v) is 4.84. The van der Waals surface area contributed by atoms with Crippen LogP contribution in [0.1, 0.15) is 40.3 Å². The van der Waals surface area contributed by atoms with Crippen LogP contribution in [0.25, 0.3) is 11.6 Å². The van der Waals surface area contributed by atoms with Crippen LogP contribution in [0, 0.1) is 13.8 Å². The highest BCUT2D eigenvalue weighted by Crippen LogP contribution is 2.35. The smallest absolute Gasteiger partial charge is 0.256 e. The molecular formula is C21H27ClN4O2. The molecule has 0 saturated heterocycles. The van der Waals surface area contributed by atoms with Gasteiger partial charge in [-0.15, -0.1) is 0 Å². The first-order chi connectivity index (χ1) is 12.8. The number of nitrogens with zero attached hydrogens (tertiary/aromatic N) is 1. The van der Waals surface area contributed by atoms with Crippen LogP contribution in [-0.2, 0) is 4.79 Å². The van der Waals surface area contributed by atoms with Gasteiger partial charge in [0.25, 0.3) is 11.8 Å². The van der Waals surface area contributed by atoms with Gasteiger partial charge in [0.05, 0.1) is 11.1 Å². The fourth-order valence-corrected chi connectivity index (χ4v) is 3.36. The molecule has 0 bridgehead atoms. The van der Waals surface area contributed by atoms with Crippen molar-refractivity contribution >= 4 is 40.8 Å². The fourth-order valence-electron chi connectivity index (χ4n) is 3.19. The molecule has 3 rings (SSSR count). The summed E-state index contributed by atoms with van der Waals surface area (Å²) in [5.41, 5.74) is 4.96. The van der Waals surface area contributed by atoms with Crippen molar-refractivity contribution in [2.24, 2.45) is 0 Å². The number of benzene rings is 1. The molecule has 3 N–H and O–H groups in total. The van der Waals surface area contributed by atoms with Crippen molar-refractivity contribution in [3.8, 4) is 0 Å². The Hall–Kier alpha value is -2.57. The average Bonchev–Trinajstić information content (AvgIpc) is 3.04. The van der Waals surface area contributed by atoms with Gasteiger partial charge in [-0.2, -0.15) is 0 Å². The second-order valence-electron chi connectivity index (χ2n) is 6.92. The van der Waals surface area contributed by atoms with Gasteiger partial charge in [-0.25, -0.2) is 0 Å². The van der Waals surface area contributed by atoms with E-state index in [0.717, 1.165) is 34.7 Å². The maximum atomic E-state index is 12.6. The first-order valence-corrected chi connectivity index (χ1v) is 9.10. The number of fused-ring (bicyclic) bond motifs is 1. The molecule has 6 nitrogen and oxygen atoms in total. The second-order valence-corrected chi connectivity index (χ2v) is 7.36. The number of aryl methyl sites for hydroxylation is 1. The third kappa shape index (κ3) is 4.29. The molecule has 7 heteroatoms. The Morgan fingerprint density at radius 2 is 2.00 bits per heavy atom. The van der Waals surface area contributed by atoms with E-state index in [4.69, 9.17) is 11.6 Å². The molecule has 0 spiro atoms. The molecule has 0 atom stereocenters. The number of hydrogen-bond donors (Lipinski definition) is 3. The minimum atomic E-state index is -0.184. The lowest BCUT2D eigenvalue weighted by Crippen LogP contribution is -2.31. The number of nitrogens with one attached hydrogen (secondary N) is 3. The molecule has 0 fully saturated rings. The second kappa shape index (κ2) is 8.63. The molecular weight excluding hydrogens is 376 g/mol. The predicted octanol–water partition coefficient (Wildman–Crippen LogP) is 3.71. The summed E-state index contributed by atoms with van der Waals surface area (Å²) >= 11 is 6.08. The molecule has 2 aromatic rings. The molecule has 1 aliphatic rings. The zero-order valence-electron chi connectivity index (χ0n) is 15.9. The fraction of sp³-hybridized carbons (Fsp3) is 0.333. The minimum Gasteiger partial charge on any atom is -0.358 e. The summed E-state index contributed by atoms with van der Waals surface area (Å²) in [6.07, 6.45) is 1.77. The number of rotatable bonds is 5. The molecule has 0 unspecified atom stereocenters. The summed E-state index contributed by atoms with van der Waals surface area (Å²) in [6, 6.07) is 5.29. The summed E-state index contributed by atoms with van der Waals surface area (Å²) in [5, 5.41) is 6.33. The van der Waals surface area contributed by atoms with Gasteiger partial charge >= 0.3 is 0 Å². The number of carbonyl (C=O) groups is 2. The number of hydrogen-bond acceptors (Lipinski definition) is 3. The number of aromatic nitrogens is 1. The normalized spacial score (nSPS) is 14.1. The monoisotopic (exact) mass is 402 g/mol. The van der Waals surface area contributed by atoms with Crippen molar-refractivity contribution in [2.45, 2.75) is 21.3 Å². The number of carbonyl (C=O) groups excluding carboxylic acids is 2. The van der Waals surface area contributed by atoms with Crippen molar-refractivity contribution in [1.29, 1.82) is 0 Å². The Morgan fingerprint density at radius 3 is 2.68 bits per heavy atom. The van der Waals surface area contributed by atoms with Crippen LogP contribution in [0.5, 0.6) is 0 Å². The first-order valence-electron chi connectivity index (χ1n) is 8.73. The van der Waals surface area contributed by atoms with Crippen molar-refractivity contribution in [2.75, 3.05) is 32.5 Å². The number of likely N-dealkylation sites (N-methyl/N-ethyl adjacent to an activating group) is 1. The van der Waals surface area contributed by atoms with E-state index in [-0.39, 0.29) is 19.2 Å². The van der Waals surface area contributed by atoms with E-state index in [0.29, 0.717) is 22.7 Å². The lowest BCUT2D eigenvalue weighted by Gasteiger charge is -2.10. The predicted molar refractivity (Wildman–Crippen MR) is 116 cm³/mol. The SMILES string of the molecule is C.Cc1[nH]c(/C=C2\C(=O)Nc3ccc(Cl)cc32)c(C)c1C(=O)NCCN(C)C. The molecule has 0 aliphatic carbocycles. The van der Waals surface area contributed by atoms with E-state index in [1.807, 2.05) is 32.8 Å². The highest BCUT2D eigenvalue weighted by atomic mass is 35.5. The Morgan fingerprint density at radius 1 is 1.29 bits per heavy atom. The van der Waals surface area contributed by atoms with Crippen molar-refractivity contribution < 1.29 is 9.59 Å². The summed E-state index contributed by atoms with van der Waals surface area (Å²) in [5.74, 6) is -0.303. The Labute approximate surface area is 171 Å². The molecule has 0 saturated carbocycles. The number of H-pyrrole nitrogens is 1. The van der Waals surface area contributed by atoms with Gasteiger partial charge in [0, 0.05) is 40.8 Å². The van der Waals surface area contributed by atoms with E-state index in [9.17, 15) is 9.59 Å². The largest absolute Gasteiger partial charge is 0.358 e. The van der Waals surface area contributed by atoms with Gasteiger partial charge in [-0.05, 0) is 57.8 Å². The van der Waals surface area contributed by atoms with Gasteiger partial charge in [-0.1, -0.05) is 19.0 Å². The number of amides is 2. The van der Waals surface area contributed by atoms with Gasteiger partial charge in [-0.3, -0.25) is 9.59 Å². The van der Waals surface area contributed by atoms with Gasteiger partial charge in [0.1, 0.15) is 0 Å². The van der Waals surface area contributed by atoms with E-state index in [2.05, 4.69) is 15.6 Å². The first kappa shape index (κ1) is 21.7. The summed E-state index contributed by atoms with van der Waals surface area (Å²) in [7, 11) is 3.92. The number of halogens is 1. The topological polar surface area (TPSA) is 77.2 Å². The van der Waals surface area contributed by atoms with Crippen LogP contribution in [0.4, 0.5) is 5.69 Å². The van der Waals surface area contributed by atoms with Crippen LogP contribution < -0.4 is 10.6 Å². The Balaban J connectivity index is 0.00000280. The zero-order chi connectivity index (χ0) is 19.7. The number of anilines is 1. The van der Waals surface area contributed by atoms with Gasteiger partial charge in [0.2, 0.25) is 0 Å². The molecule has 28 heavy (non-hydrogen) atoms. The van der Waals surface area contributed by atoms with Gasteiger partial charge < -0.3 is 20.5 Å². The minimum absolute atomic E-state index is 0. The average molecular weight is 403 g/mol. The zero-order valence-corrected chi connectivity index (χ0v) is 16.6. The molecule has 2 heterocycles. The molecule has 1 aromatic heterocycles. The molecule has 1 aliphatic heterocycles. The van der Waals surface area contributed by atoms with Crippen LogP contribution >= 0.6 is 11.6 Å². The van der Waals surface area contributed by atoms with Crippen LogP contribution in [-0.4, -0.2) is 48.9 Å². The third-order valence-electron chi connectivity index (χ3n) is 4.60. The molecule has 2 amide bonds. The van der Waals surface area contributed by atoms with Crippen LogP contribution in [0.15, 0.2) is 18.2 Å². The molecule has 1 aromatic carbocycles. The summed E-state index contributed by atoms with van der Waals surface area (Å²) in [4.78, 5) is 30.2. The van der Waals surface area contributed by atoms with Crippen LogP contribution in [0.2, 0.25) is 5.02 Å². The molecule has 150 valence electrons. The van der Waals surface area contributed by atoms with E-state index in [1.54, 1.807) is 24.3 Å². The standard InChI is InChI=1S/C20H23ClN4O2.CH4/c1-11-17(23-12(2)18(11)20(27)22-7-8-25(3)4)10-15-14-9-13(21)5-6-16(14)24-19(15)26;/h5-6,9-10,23H,7-8H2,1-4H3,(H,22,27)(H,24,26);1H4/b15-10-;. The lowest BCUT2D eigenvalue weighted by atomic mass is 10.0. The highest BCUT2D eigenvalue weighted by molar-refractivity contribution is 6.36. The number of aromatic amines is 1. The quantitative estimate of drug-likeness (QED) is 0.667. The summed E-state index contributed by atoms with van der Waals surface area (Å²) in [6.45, 7) is 5.07. The Kier molecular flexibility index (Phi) is 6.69. The van der Waals surface area contributed by atoms with E-state index < -0.39 is 0 Å². The highest BCUT2D eigenvalue weighted by Gasteiger charge is 2.25. The Bertz CT molecular complexity index is 944. The van der Waals surface area contributed by atoms with Gasteiger partial charge in [0.15, 0.2) is 0 Å². The van der Waals surface area contributed by atoms with E-state index in [1.165, 1.54) is 0 Å². The molecule has 0 radical (unpaired) electrons. The van der Waals surface area contributed by atoms with Crippen molar-refractivity contribution in [1.82, 2.24) is 15.2 Å². The van der Waals surface area contributed by atoms with Crippen molar-refractivity contribution in [3.63, 3.8) is 0 Å². The summed E-state index contributed by atoms with van der Waals surface area (Å²) < 4.78 is 0. The van der Waals surface area contributed by atoms with Crippen molar-refractivity contribution in [3.05, 3.63) is 51.3 Å². The lowest BCUT2D eigenvalue weighted by molar-refractivity contribution is -0.110. The maximum absolute atomic E-state index is 12.6.